The van der Waals surface area contributed by atoms with E-state index in [9.17, 15) is 0 Å². The van der Waals surface area contributed by atoms with Gasteiger partial charge in [-0.25, -0.2) is 0 Å². The summed E-state index contributed by atoms with van der Waals surface area (Å²) in [6.07, 6.45) is 7.38. The Labute approximate surface area is 62.6 Å². The van der Waals surface area contributed by atoms with Crippen molar-refractivity contribution in [1.29, 1.82) is 0 Å². The maximum absolute atomic E-state index is 2.37. The lowest BCUT2D eigenvalue weighted by Crippen LogP contribution is -1.79. The SMILES string of the molecule is CCCC1C2=C(C)C=CC21. The summed E-state index contributed by atoms with van der Waals surface area (Å²) in [6.45, 7) is 4.51. The van der Waals surface area contributed by atoms with Crippen LogP contribution in [0, 0.1) is 11.8 Å². The molecule has 2 aliphatic carbocycles. The second kappa shape index (κ2) is 1.98. The molecule has 0 radical (unpaired) electrons. The highest BCUT2D eigenvalue weighted by Gasteiger charge is 2.44. The van der Waals surface area contributed by atoms with Crippen molar-refractivity contribution in [3.63, 3.8) is 0 Å². The van der Waals surface area contributed by atoms with Crippen LogP contribution in [0.1, 0.15) is 26.7 Å². The fourth-order valence-corrected chi connectivity index (χ4v) is 2.12. The molecule has 2 atom stereocenters. The largest absolute Gasteiger partial charge is 0.0765 e. The molecule has 1 saturated carbocycles. The van der Waals surface area contributed by atoms with Gasteiger partial charge in [0.25, 0.3) is 0 Å². The van der Waals surface area contributed by atoms with E-state index in [2.05, 4.69) is 26.0 Å². The molecular weight excluding hydrogens is 120 g/mol. The first-order chi connectivity index (χ1) is 4.84. The molecule has 0 amide bonds. The van der Waals surface area contributed by atoms with E-state index in [1.54, 1.807) is 11.1 Å². The van der Waals surface area contributed by atoms with Crippen LogP contribution in [0.2, 0.25) is 0 Å². The van der Waals surface area contributed by atoms with Gasteiger partial charge in [-0.05, 0) is 19.3 Å². The van der Waals surface area contributed by atoms with Crippen molar-refractivity contribution in [3.8, 4) is 0 Å². The Morgan fingerprint density at radius 3 is 2.80 bits per heavy atom. The molecule has 0 heteroatoms. The number of allylic oxidation sites excluding steroid dienone is 4. The van der Waals surface area contributed by atoms with E-state index in [-0.39, 0.29) is 0 Å². The average molecular weight is 134 g/mol. The van der Waals surface area contributed by atoms with Crippen LogP contribution in [0.4, 0.5) is 0 Å². The third kappa shape index (κ3) is 0.681. The van der Waals surface area contributed by atoms with Crippen LogP contribution in [0.15, 0.2) is 23.3 Å². The van der Waals surface area contributed by atoms with Gasteiger partial charge in [0, 0.05) is 5.92 Å². The Kier molecular flexibility index (Phi) is 1.23. The molecule has 0 spiro atoms. The normalized spacial score (nSPS) is 35.0. The summed E-state index contributed by atoms with van der Waals surface area (Å²) in [7, 11) is 0. The molecule has 10 heavy (non-hydrogen) atoms. The Hall–Kier alpha value is -0.520. The topological polar surface area (TPSA) is 0 Å². The molecule has 0 nitrogen and oxygen atoms in total. The maximum Gasteiger partial charge on any atom is 0.00547 e. The van der Waals surface area contributed by atoms with Crippen molar-refractivity contribution in [3.05, 3.63) is 23.3 Å². The van der Waals surface area contributed by atoms with E-state index in [1.807, 2.05) is 0 Å². The van der Waals surface area contributed by atoms with Crippen molar-refractivity contribution in [2.24, 2.45) is 11.8 Å². The van der Waals surface area contributed by atoms with Gasteiger partial charge in [0.05, 0.1) is 0 Å². The van der Waals surface area contributed by atoms with Gasteiger partial charge in [-0.15, -0.1) is 0 Å². The summed E-state index contributed by atoms with van der Waals surface area (Å²) in [5, 5.41) is 0. The van der Waals surface area contributed by atoms with E-state index in [0.717, 1.165) is 11.8 Å². The fourth-order valence-electron chi connectivity index (χ4n) is 2.12. The second-order valence-corrected chi connectivity index (χ2v) is 3.42. The maximum atomic E-state index is 2.37. The van der Waals surface area contributed by atoms with Crippen molar-refractivity contribution in [2.75, 3.05) is 0 Å². The Bertz CT molecular complexity index is 208. The highest BCUT2D eigenvalue weighted by Crippen LogP contribution is 2.54. The lowest BCUT2D eigenvalue weighted by Gasteiger charge is -1.92. The van der Waals surface area contributed by atoms with Crippen molar-refractivity contribution >= 4 is 0 Å². The molecule has 54 valence electrons. The van der Waals surface area contributed by atoms with Gasteiger partial charge in [0.1, 0.15) is 0 Å². The molecular formula is C10H14. The zero-order valence-corrected chi connectivity index (χ0v) is 6.72. The second-order valence-electron chi connectivity index (χ2n) is 3.42. The van der Waals surface area contributed by atoms with Crippen molar-refractivity contribution in [2.45, 2.75) is 26.7 Å². The predicted octanol–water partition coefficient (Wildman–Crippen LogP) is 2.92. The summed E-state index contributed by atoms with van der Waals surface area (Å²) in [6, 6.07) is 0. The number of fused-ring (bicyclic) bond motifs is 1. The average Bonchev–Trinajstić information content (AvgIpc) is 2.45. The minimum absolute atomic E-state index is 0.875. The lowest BCUT2D eigenvalue weighted by molar-refractivity contribution is 0.685. The molecule has 0 saturated heterocycles. The number of rotatable bonds is 2. The van der Waals surface area contributed by atoms with Crippen LogP contribution in [0.3, 0.4) is 0 Å². The monoisotopic (exact) mass is 134 g/mol. The zero-order chi connectivity index (χ0) is 7.14. The third-order valence-electron chi connectivity index (χ3n) is 2.69. The van der Waals surface area contributed by atoms with E-state index in [4.69, 9.17) is 0 Å². The smallest absolute Gasteiger partial charge is 0.00547 e. The highest BCUT2D eigenvalue weighted by atomic mass is 14.5. The van der Waals surface area contributed by atoms with Crippen LogP contribution in [-0.2, 0) is 0 Å². The number of hydrogen-bond acceptors (Lipinski definition) is 0. The Balaban J connectivity index is 2.06. The van der Waals surface area contributed by atoms with Gasteiger partial charge in [0.15, 0.2) is 0 Å². The first-order valence-corrected chi connectivity index (χ1v) is 4.23. The van der Waals surface area contributed by atoms with Gasteiger partial charge in [-0.1, -0.05) is 36.6 Å². The molecule has 0 aromatic rings. The van der Waals surface area contributed by atoms with Gasteiger partial charge < -0.3 is 0 Å². The molecule has 0 N–H and O–H groups in total. The van der Waals surface area contributed by atoms with E-state index < -0.39 is 0 Å². The van der Waals surface area contributed by atoms with Gasteiger partial charge in [-0.2, -0.15) is 0 Å². The van der Waals surface area contributed by atoms with Crippen molar-refractivity contribution < 1.29 is 0 Å². The molecule has 2 aliphatic rings. The van der Waals surface area contributed by atoms with Crippen LogP contribution in [0.5, 0.6) is 0 Å². The molecule has 0 aromatic carbocycles. The molecule has 0 bridgehead atoms. The Morgan fingerprint density at radius 1 is 1.50 bits per heavy atom. The quantitative estimate of drug-likeness (QED) is 0.544. The van der Waals surface area contributed by atoms with Crippen molar-refractivity contribution in [1.82, 2.24) is 0 Å². The van der Waals surface area contributed by atoms with Gasteiger partial charge in [-0.3, -0.25) is 0 Å². The van der Waals surface area contributed by atoms with E-state index in [0.29, 0.717) is 0 Å². The van der Waals surface area contributed by atoms with Gasteiger partial charge >= 0.3 is 0 Å². The zero-order valence-electron chi connectivity index (χ0n) is 6.72. The Morgan fingerprint density at radius 2 is 2.30 bits per heavy atom. The van der Waals surface area contributed by atoms with Crippen LogP contribution in [-0.4, -0.2) is 0 Å². The predicted molar refractivity (Wildman–Crippen MR) is 43.7 cm³/mol. The van der Waals surface area contributed by atoms with E-state index >= 15 is 0 Å². The molecule has 0 aliphatic heterocycles. The minimum Gasteiger partial charge on any atom is -0.0765 e. The fraction of sp³-hybridized carbons (Fsp3) is 0.600. The molecule has 2 rings (SSSR count). The molecule has 1 fully saturated rings. The first kappa shape index (κ1) is 6.21. The van der Waals surface area contributed by atoms with E-state index in [1.165, 1.54) is 12.8 Å². The summed E-state index contributed by atoms with van der Waals surface area (Å²) >= 11 is 0. The highest BCUT2D eigenvalue weighted by molar-refractivity contribution is 5.49. The molecule has 2 unspecified atom stereocenters. The summed E-state index contributed by atoms with van der Waals surface area (Å²) in [4.78, 5) is 0. The number of hydrogen-bond donors (Lipinski definition) is 0. The molecule has 0 aromatic heterocycles. The first-order valence-electron chi connectivity index (χ1n) is 4.23. The van der Waals surface area contributed by atoms with Gasteiger partial charge in [0.2, 0.25) is 0 Å². The van der Waals surface area contributed by atoms with Crippen LogP contribution < -0.4 is 0 Å². The third-order valence-corrected chi connectivity index (χ3v) is 2.69. The van der Waals surface area contributed by atoms with Crippen LogP contribution in [0.25, 0.3) is 0 Å². The van der Waals surface area contributed by atoms with Crippen LogP contribution >= 0.6 is 0 Å². The summed E-state index contributed by atoms with van der Waals surface area (Å²) in [5.74, 6) is 1.83. The lowest BCUT2D eigenvalue weighted by atomic mass is 10.1. The summed E-state index contributed by atoms with van der Waals surface area (Å²) < 4.78 is 0. The molecule has 0 heterocycles. The standard InChI is InChI=1S/C10H14/c1-3-4-8-9-6-5-7(2)10(8)9/h5-6,8-9H,3-4H2,1-2H3. The summed E-state index contributed by atoms with van der Waals surface area (Å²) in [5.41, 5.74) is 3.28. The minimum atomic E-state index is 0.875.